The molecule has 0 radical (unpaired) electrons. The maximum Gasteiger partial charge on any atom is 0.240 e. The molecule has 0 aliphatic rings. The molecule has 0 aromatic carbocycles. The van der Waals surface area contributed by atoms with Gasteiger partial charge in [-0.1, -0.05) is 0 Å². The number of nitrogen functional groups attached to an aromatic ring is 1. The third-order valence-corrected chi connectivity index (χ3v) is 1.85. The van der Waals surface area contributed by atoms with Crippen molar-refractivity contribution in [3.8, 4) is 5.88 Å². The summed E-state index contributed by atoms with van der Waals surface area (Å²) in [6.45, 7) is 0. The molecule has 0 aliphatic carbocycles. The lowest BCUT2D eigenvalue weighted by atomic mass is 10.2. The van der Waals surface area contributed by atoms with E-state index in [4.69, 9.17) is 10.5 Å². The molecule has 66 valence electrons. The van der Waals surface area contributed by atoms with E-state index in [0.717, 1.165) is 5.39 Å². The van der Waals surface area contributed by atoms with Crippen molar-refractivity contribution < 1.29 is 4.74 Å². The summed E-state index contributed by atoms with van der Waals surface area (Å²) in [5.74, 6) is 0.504. The van der Waals surface area contributed by atoms with Crippen LogP contribution in [0.3, 0.4) is 0 Å². The summed E-state index contributed by atoms with van der Waals surface area (Å²) in [5, 5.41) is 0.870. The number of fused-ring (bicyclic) bond motifs is 1. The summed E-state index contributed by atoms with van der Waals surface area (Å²) >= 11 is 0. The number of hydrogen-bond donors (Lipinski definition) is 1. The van der Waals surface area contributed by atoms with E-state index in [1.807, 2.05) is 6.07 Å². The molecule has 0 amide bonds. The third kappa shape index (κ3) is 1.16. The Bertz CT molecular complexity index is 442. The average Bonchev–Trinajstić information content (AvgIpc) is 2.18. The topological polar surface area (TPSA) is 61.0 Å². The molecule has 0 spiro atoms. The molecule has 2 N–H and O–H groups in total. The van der Waals surface area contributed by atoms with Crippen LogP contribution < -0.4 is 10.5 Å². The number of pyridine rings is 2. The lowest BCUT2D eigenvalue weighted by Gasteiger charge is -2.03. The van der Waals surface area contributed by atoms with Gasteiger partial charge < -0.3 is 10.5 Å². The van der Waals surface area contributed by atoms with Crippen molar-refractivity contribution in [3.63, 3.8) is 0 Å². The molecule has 0 unspecified atom stereocenters. The molecule has 0 atom stereocenters. The highest BCUT2D eigenvalue weighted by atomic mass is 16.5. The van der Waals surface area contributed by atoms with Gasteiger partial charge in [-0.3, -0.25) is 4.98 Å². The smallest absolute Gasteiger partial charge is 0.240 e. The third-order valence-electron chi connectivity index (χ3n) is 1.85. The molecule has 0 bridgehead atoms. The van der Waals surface area contributed by atoms with Gasteiger partial charge in [0.25, 0.3) is 0 Å². The lowest BCUT2D eigenvalue weighted by Crippen LogP contribution is -1.93. The highest BCUT2D eigenvalue weighted by Gasteiger charge is 2.04. The molecule has 0 aliphatic heterocycles. The Hall–Kier alpha value is -1.84. The first kappa shape index (κ1) is 7.79. The van der Waals surface area contributed by atoms with Crippen LogP contribution in [-0.4, -0.2) is 17.1 Å². The number of hydrogen-bond acceptors (Lipinski definition) is 4. The molecule has 2 heterocycles. The maximum absolute atomic E-state index is 5.76. The Kier molecular flexibility index (Phi) is 1.73. The summed E-state index contributed by atoms with van der Waals surface area (Å²) in [6, 6.07) is 3.57. The van der Waals surface area contributed by atoms with E-state index in [2.05, 4.69) is 9.97 Å². The minimum Gasteiger partial charge on any atom is -0.479 e. The lowest BCUT2D eigenvalue weighted by molar-refractivity contribution is 0.402. The van der Waals surface area contributed by atoms with Gasteiger partial charge in [0.15, 0.2) is 0 Å². The summed E-state index contributed by atoms with van der Waals surface area (Å²) in [4.78, 5) is 8.17. The van der Waals surface area contributed by atoms with E-state index in [-0.39, 0.29) is 0 Å². The van der Waals surface area contributed by atoms with Gasteiger partial charge in [0.05, 0.1) is 7.11 Å². The zero-order valence-corrected chi connectivity index (χ0v) is 7.19. The van der Waals surface area contributed by atoms with Gasteiger partial charge in [0.2, 0.25) is 5.88 Å². The molecular weight excluding hydrogens is 166 g/mol. The zero-order chi connectivity index (χ0) is 9.26. The van der Waals surface area contributed by atoms with Gasteiger partial charge in [-0.05, 0) is 12.1 Å². The number of ether oxygens (including phenoxy) is 1. The predicted molar refractivity (Wildman–Crippen MR) is 50.5 cm³/mol. The monoisotopic (exact) mass is 175 g/mol. The molecule has 0 saturated carbocycles. The van der Waals surface area contributed by atoms with Crippen molar-refractivity contribution in [1.29, 1.82) is 0 Å². The molecule has 2 aromatic rings. The second-order valence-electron chi connectivity index (χ2n) is 2.62. The molecule has 0 fully saturated rings. The van der Waals surface area contributed by atoms with E-state index in [1.54, 1.807) is 25.6 Å². The molecule has 0 saturated heterocycles. The van der Waals surface area contributed by atoms with E-state index in [9.17, 15) is 0 Å². The highest BCUT2D eigenvalue weighted by Crippen LogP contribution is 2.24. The average molecular weight is 175 g/mol. The summed E-state index contributed by atoms with van der Waals surface area (Å²) in [7, 11) is 1.56. The number of nitrogens with zero attached hydrogens (tertiary/aromatic N) is 2. The fourth-order valence-corrected chi connectivity index (χ4v) is 1.22. The minimum absolute atomic E-state index is 0.504. The number of nitrogens with two attached hydrogens (primary N) is 1. The van der Waals surface area contributed by atoms with Crippen LogP contribution in [0.4, 0.5) is 5.69 Å². The Morgan fingerprint density at radius 1 is 1.23 bits per heavy atom. The van der Waals surface area contributed by atoms with Crippen molar-refractivity contribution >= 4 is 16.6 Å². The Labute approximate surface area is 75.4 Å². The van der Waals surface area contributed by atoms with Crippen LogP contribution in [0.25, 0.3) is 10.9 Å². The number of anilines is 1. The molecule has 4 heteroatoms. The molecule has 2 aromatic heterocycles. The molecule has 13 heavy (non-hydrogen) atoms. The largest absolute Gasteiger partial charge is 0.479 e. The second kappa shape index (κ2) is 2.90. The van der Waals surface area contributed by atoms with Crippen LogP contribution in [0, 0.1) is 0 Å². The Morgan fingerprint density at radius 3 is 2.77 bits per heavy atom. The minimum atomic E-state index is 0.504. The van der Waals surface area contributed by atoms with E-state index < -0.39 is 0 Å². The van der Waals surface area contributed by atoms with Crippen molar-refractivity contribution in [2.75, 3.05) is 12.8 Å². The summed E-state index contributed by atoms with van der Waals surface area (Å²) in [5.41, 5.74) is 7.14. The Morgan fingerprint density at radius 2 is 2.00 bits per heavy atom. The van der Waals surface area contributed by atoms with Crippen LogP contribution in [0.15, 0.2) is 24.5 Å². The van der Waals surface area contributed by atoms with Crippen molar-refractivity contribution in [2.45, 2.75) is 0 Å². The van der Waals surface area contributed by atoms with Gasteiger partial charge in [-0.15, -0.1) is 0 Å². The molecule has 2 rings (SSSR count). The van der Waals surface area contributed by atoms with E-state index in [0.29, 0.717) is 17.1 Å². The van der Waals surface area contributed by atoms with E-state index >= 15 is 0 Å². The second-order valence-corrected chi connectivity index (χ2v) is 2.62. The number of aromatic nitrogens is 2. The first-order valence-corrected chi connectivity index (χ1v) is 3.86. The fourth-order valence-electron chi connectivity index (χ4n) is 1.22. The van der Waals surface area contributed by atoms with Gasteiger partial charge >= 0.3 is 0 Å². The fraction of sp³-hybridized carbons (Fsp3) is 0.111. The summed E-state index contributed by atoms with van der Waals surface area (Å²) in [6.07, 6.45) is 3.29. The van der Waals surface area contributed by atoms with E-state index in [1.165, 1.54) is 0 Å². The van der Waals surface area contributed by atoms with Crippen molar-refractivity contribution in [2.24, 2.45) is 0 Å². The van der Waals surface area contributed by atoms with Crippen LogP contribution >= 0.6 is 0 Å². The van der Waals surface area contributed by atoms with Gasteiger partial charge in [-0.25, -0.2) is 4.98 Å². The quantitative estimate of drug-likeness (QED) is 0.707. The standard InChI is InChI=1S/C9H9N3O/c1-13-9-8-6(2-4-12-9)7(10)3-5-11-8/h2-5H,1H3,(H2,10,11). The SMILES string of the molecule is COc1nccc2c(N)ccnc12. The zero-order valence-electron chi connectivity index (χ0n) is 7.19. The van der Waals surface area contributed by atoms with Crippen LogP contribution in [0.5, 0.6) is 5.88 Å². The van der Waals surface area contributed by atoms with Gasteiger partial charge in [0.1, 0.15) is 5.52 Å². The normalized spacial score (nSPS) is 10.2. The van der Waals surface area contributed by atoms with Crippen molar-refractivity contribution in [3.05, 3.63) is 24.5 Å². The van der Waals surface area contributed by atoms with Crippen LogP contribution in [0.1, 0.15) is 0 Å². The number of rotatable bonds is 1. The van der Waals surface area contributed by atoms with Crippen LogP contribution in [0.2, 0.25) is 0 Å². The first-order valence-electron chi connectivity index (χ1n) is 3.86. The summed E-state index contributed by atoms with van der Waals surface area (Å²) < 4.78 is 5.05. The Balaban J connectivity index is 2.84. The highest BCUT2D eigenvalue weighted by molar-refractivity contribution is 5.92. The first-order chi connectivity index (χ1) is 6.33. The number of methoxy groups -OCH3 is 1. The van der Waals surface area contributed by atoms with Crippen molar-refractivity contribution in [1.82, 2.24) is 9.97 Å². The maximum atomic E-state index is 5.76. The van der Waals surface area contributed by atoms with Gasteiger partial charge in [0, 0.05) is 23.5 Å². The predicted octanol–water partition coefficient (Wildman–Crippen LogP) is 1.22. The molecular formula is C9H9N3O. The van der Waals surface area contributed by atoms with Gasteiger partial charge in [-0.2, -0.15) is 0 Å². The van der Waals surface area contributed by atoms with Crippen LogP contribution in [-0.2, 0) is 0 Å². The molecule has 4 nitrogen and oxygen atoms in total.